The molecule has 0 bridgehead atoms. The molecule has 0 aliphatic carbocycles. The second kappa shape index (κ2) is 10.0. The van der Waals surface area contributed by atoms with Gasteiger partial charge in [0.05, 0.1) is 29.4 Å². The third kappa shape index (κ3) is 5.39. The van der Waals surface area contributed by atoms with Crippen LogP contribution in [0.2, 0.25) is 0 Å². The van der Waals surface area contributed by atoms with E-state index in [0.717, 1.165) is 0 Å². The molecule has 1 aromatic rings. The lowest BCUT2D eigenvalue weighted by Gasteiger charge is -2.28. The molecule has 0 aromatic heterocycles. The van der Waals surface area contributed by atoms with Crippen LogP contribution in [-0.4, -0.2) is 29.6 Å². The van der Waals surface area contributed by atoms with Gasteiger partial charge in [-0.15, -0.1) is 0 Å². The topological polar surface area (TPSA) is 37.3 Å². The summed E-state index contributed by atoms with van der Waals surface area (Å²) in [4.78, 5) is 11.3. The molecule has 0 unspecified atom stereocenters. The zero-order chi connectivity index (χ0) is 16.4. The van der Waals surface area contributed by atoms with Gasteiger partial charge in [0.25, 0.3) is 0 Å². The van der Waals surface area contributed by atoms with E-state index in [9.17, 15) is 9.90 Å². The van der Waals surface area contributed by atoms with E-state index in [2.05, 4.69) is 26.8 Å². The van der Waals surface area contributed by atoms with E-state index in [0.29, 0.717) is 5.56 Å². The number of rotatable bonds is 11. The summed E-state index contributed by atoms with van der Waals surface area (Å²) in [5.74, 6) is -0.804. The Labute approximate surface area is 136 Å². The normalized spacial score (nSPS) is 11.6. The van der Waals surface area contributed by atoms with E-state index in [-0.39, 0.29) is 0 Å². The number of hydrogen-bond acceptors (Lipinski definition) is 1. The molecule has 124 valence electrons. The zero-order valence-corrected chi connectivity index (χ0v) is 15.4. The van der Waals surface area contributed by atoms with Crippen molar-refractivity contribution in [1.29, 1.82) is 0 Å². The van der Waals surface area contributed by atoms with Gasteiger partial charge in [0.1, 0.15) is 0 Å². The van der Waals surface area contributed by atoms with Gasteiger partial charge < -0.3 is 5.11 Å². The van der Waals surface area contributed by atoms with Gasteiger partial charge >= 0.3 is 5.97 Å². The molecule has 0 heterocycles. The van der Waals surface area contributed by atoms with Crippen molar-refractivity contribution in [3.8, 4) is 0 Å². The summed E-state index contributed by atoms with van der Waals surface area (Å²) in [6, 6.07) is 7.83. The Kier molecular flexibility index (Phi) is 8.71. The molecule has 0 aliphatic rings. The number of benzene rings is 1. The maximum absolute atomic E-state index is 11.3. The maximum Gasteiger partial charge on any atom is 0.335 e. The Hall–Kier alpha value is -0.880. The number of carboxylic acid groups (broad SMARTS) is 1. The van der Waals surface area contributed by atoms with Crippen LogP contribution < -0.4 is 5.30 Å². The smallest absolute Gasteiger partial charge is 0.335 e. The summed E-state index contributed by atoms with van der Waals surface area (Å²) in [7, 11) is -1.23. The molecule has 0 atom stereocenters. The van der Waals surface area contributed by atoms with Crippen molar-refractivity contribution in [2.45, 2.75) is 59.3 Å². The van der Waals surface area contributed by atoms with Crippen LogP contribution in [0.4, 0.5) is 0 Å². The SMILES string of the molecule is CCCC[P+](CCCC)(CCCC)c1cccc(C(=O)O)c1. The van der Waals surface area contributed by atoms with Crippen LogP contribution in [0.15, 0.2) is 24.3 Å². The lowest BCUT2D eigenvalue weighted by molar-refractivity contribution is 0.0697. The van der Waals surface area contributed by atoms with E-state index in [1.54, 1.807) is 6.07 Å². The summed E-state index contributed by atoms with van der Waals surface area (Å²) < 4.78 is 0. The van der Waals surface area contributed by atoms with E-state index >= 15 is 0 Å². The van der Waals surface area contributed by atoms with E-state index < -0.39 is 13.2 Å². The van der Waals surface area contributed by atoms with Crippen molar-refractivity contribution >= 4 is 18.5 Å². The Bertz CT molecular complexity index is 435. The fourth-order valence-corrected chi connectivity index (χ4v) is 8.06. The van der Waals surface area contributed by atoms with Gasteiger partial charge in [-0.25, -0.2) is 4.79 Å². The first-order valence-corrected chi connectivity index (χ1v) is 11.1. The molecule has 0 spiro atoms. The van der Waals surface area contributed by atoms with Crippen molar-refractivity contribution in [2.24, 2.45) is 0 Å². The minimum atomic E-state index is -1.23. The van der Waals surface area contributed by atoms with Crippen molar-refractivity contribution < 1.29 is 9.90 Å². The molecule has 3 heteroatoms. The molecule has 22 heavy (non-hydrogen) atoms. The number of unbranched alkanes of at least 4 members (excludes halogenated alkanes) is 3. The molecule has 0 aliphatic heterocycles. The van der Waals surface area contributed by atoms with E-state index in [4.69, 9.17) is 0 Å². The van der Waals surface area contributed by atoms with Crippen molar-refractivity contribution in [3.63, 3.8) is 0 Å². The Balaban J connectivity index is 3.18. The number of carbonyl (C=O) groups is 1. The van der Waals surface area contributed by atoms with Crippen molar-refractivity contribution in [3.05, 3.63) is 29.8 Å². The summed E-state index contributed by atoms with van der Waals surface area (Å²) in [6.07, 6.45) is 11.3. The first-order valence-electron chi connectivity index (χ1n) is 8.79. The molecule has 0 saturated heterocycles. The van der Waals surface area contributed by atoms with Crippen LogP contribution in [0.25, 0.3) is 0 Å². The summed E-state index contributed by atoms with van der Waals surface area (Å²) in [5, 5.41) is 10.7. The first kappa shape index (κ1) is 19.2. The Morgan fingerprint density at radius 1 is 0.955 bits per heavy atom. The third-order valence-corrected chi connectivity index (χ3v) is 9.35. The minimum absolute atomic E-state index is 0.450. The maximum atomic E-state index is 11.3. The summed E-state index contributed by atoms with van der Waals surface area (Å²) in [6.45, 7) is 6.76. The van der Waals surface area contributed by atoms with E-state index in [1.165, 1.54) is 62.3 Å². The van der Waals surface area contributed by atoms with Gasteiger partial charge in [-0.3, -0.25) is 0 Å². The highest BCUT2D eigenvalue weighted by Crippen LogP contribution is 2.59. The number of aromatic carboxylic acids is 1. The lowest BCUT2D eigenvalue weighted by Crippen LogP contribution is -2.22. The molecular weight excluding hydrogens is 291 g/mol. The average Bonchev–Trinajstić information content (AvgIpc) is 2.54. The number of hydrogen-bond donors (Lipinski definition) is 1. The van der Waals surface area contributed by atoms with Gasteiger partial charge in [-0.05, 0) is 37.5 Å². The predicted molar refractivity (Wildman–Crippen MR) is 99.3 cm³/mol. The highest BCUT2D eigenvalue weighted by atomic mass is 31.2. The predicted octanol–water partition coefficient (Wildman–Crippen LogP) is 5.43. The second-order valence-electron chi connectivity index (χ2n) is 6.23. The minimum Gasteiger partial charge on any atom is -0.478 e. The zero-order valence-electron chi connectivity index (χ0n) is 14.5. The van der Waals surface area contributed by atoms with Crippen LogP contribution in [0, 0.1) is 0 Å². The molecule has 2 nitrogen and oxygen atoms in total. The van der Waals surface area contributed by atoms with Crippen LogP contribution in [-0.2, 0) is 0 Å². The van der Waals surface area contributed by atoms with Gasteiger partial charge in [-0.2, -0.15) is 0 Å². The van der Waals surface area contributed by atoms with Crippen molar-refractivity contribution in [2.75, 3.05) is 18.5 Å². The fraction of sp³-hybridized carbons (Fsp3) is 0.632. The van der Waals surface area contributed by atoms with Gasteiger partial charge in [-0.1, -0.05) is 46.1 Å². The third-order valence-electron chi connectivity index (χ3n) is 4.46. The van der Waals surface area contributed by atoms with Crippen LogP contribution >= 0.6 is 7.26 Å². The van der Waals surface area contributed by atoms with E-state index in [1.807, 2.05) is 12.1 Å². The number of carboxylic acids is 1. The standard InChI is InChI=1S/C19H31O2P/c1-4-7-13-22(14-8-5-2,15-9-6-3)18-12-10-11-17(16-18)19(20)21/h10-12,16H,4-9,13-15H2,1-3H3/p+1. The van der Waals surface area contributed by atoms with Crippen LogP contribution in [0.1, 0.15) is 69.7 Å². The first-order chi connectivity index (χ1) is 10.6. The van der Waals surface area contributed by atoms with Gasteiger partial charge in [0.15, 0.2) is 0 Å². The largest absolute Gasteiger partial charge is 0.478 e. The molecular formula is C19H32O2P+. The molecule has 0 saturated carbocycles. The fourth-order valence-electron chi connectivity index (χ4n) is 3.04. The van der Waals surface area contributed by atoms with Crippen LogP contribution in [0.3, 0.4) is 0 Å². The van der Waals surface area contributed by atoms with Gasteiger partial charge in [0.2, 0.25) is 0 Å². The van der Waals surface area contributed by atoms with Gasteiger partial charge in [0, 0.05) is 7.26 Å². The molecule has 0 fully saturated rings. The Morgan fingerprint density at radius 3 is 1.86 bits per heavy atom. The highest BCUT2D eigenvalue weighted by Gasteiger charge is 2.38. The molecule has 0 radical (unpaired) electrons. The molecule has 0 amide bonds. The molecule has 1 aromatic carbocycles. The monoisotopic (exact) mass is 323 g/mol. The summed E-state index contributed by atoms with van der Waals surface area (Å²) in [5.41, 5.74) is 0.450. The molecule has 1 N–H and O–H groups in total. The lowest BCUT2D eigenvalue weighted by atomic mass is 10.2. The van der Waals surface area contributed by atoms with Crippen molar-refractivity contribution in [1.82, 2.24) is 0 Å². The molecule has 1 rings (SSSR count). The second-order valence-corrected chi connectivity index (χ2v) is 10.4. The average molecular weight is 323 g/mol. The Morgan fingerprint density at radius 2 is 1.45 bits per heavy atom. The van der Waals surface area contributed by atoms with Crippen LogP contribution in [0.5, 0.6) is 0 Å². The quantitative estimate of drug-likeness (QED) is 0.551. The summed E-state index contributed by atoms with van der Waals surface area (Å²) >= 11 is 0. The highest BCUT2D eigenvalue weighted by molar-refractivity contribution is 7.82.